The van der Waals surface area contributed by atoms with Crippen molar-refractivity contribution in [1.29, 1.82) is 0 Å². The second-order valence-corrected chi connectivity index (χ2v) is 10.1. The molecule has 1 aliphatic heterocycles. The minimum absolute atomic E-state index is 0.0648. The number of fused-ring (bicyclic) bond motifs is 9. The van der Waals surface area contributed by atoms with Crippen LogP contribution in [0.15, 0.2) is 23.5 Å². The van der Waals surface area contributed by atoms with Crippen molar-refractivity contribution in [1.82, 2.24) is 0 Å². The zero-order chi connectivity index (χ0) is 17.7. The molecule has 3 heteroatoms. The summed E-state index contributed by atoms with van der Waals surface area (Å²) in [6, 6.07) is 0. The van der Waals surface area contributed by atoms with E-state index < -0.39 is 0 Å². The number of allylic oxidation sites excluding steroid dienone is 4. The molecule has 0 aromatic carbocycles. The summed E-state index contributed by atoms with van der Waals surface area (Å²) < 4.78 is 11.7. The molecule has 0 aromatic heterocycles. The molecule has 0 radical (unpaired) electrons. The number of methoxy groups -OCH3 is 1. The number of carbonyl (C=O) groups excluding carboxylic acids is 1. The molecule has 3 saturated carbocycles. The van der Waals surface area contributed by atoms with Gasteiger partial charge in [0.25, 0.3) is 0 Å². The number of hydrogen-bond acceptors (Lipinski definition) is 3. The monoisotopic (exact) mass is 354 g/mol. The maximum atomic E-state index is 12.1. The summed E-state index contributed by atoms with van der Waals surface area (Å²) in [4.78, 5) is 12.1. The van der Waals surface area contributed by atoms with Crippen LogP contribution in [0.4, 0.5) is 0 Å². The topological polar surface area (TPSA) is 35.5 Å². The predicted molar refractivity (Wildman–Crippen MR) is 98.0 cm³/mol. The molecule has 3 nitrogen and oxygen atoms in total. The fraction of sp³-hybridized carbons (Fsp3) is 0.783. The van der Waals surface area contributed by atoms with E-state index in [4.69, 9.17) is 9.47 Å². The van der Waals surface area contributed by atoms with Gasteiger partial charge >= 0.3 is 5.97 Å². The van der Waals surface area contributed by atoms with Crippen LogP contribution in [0.25, 0.3) is 0 Å². The Morgan fingerprint density at radius 3 is 2.81 bits per heavy atom. The lowest BCUT2D eigenvalue weighted by Gasteiger charge is -2.56. The van der Waals surface area contributed by atoms with Crippen molar-refractivity contribution in [3.63, 3.8) is 0 Å². The van der Waals surface area contributed by atoms with Crippen LogP contribution in [0.5, 0.6) is 0 Å². The highest BCUT2D eigenvalue weighted by molar-refractivity contribution is 5.73. The molecule has 0 aromatic rings. The minimum atomic E-state index is -0.107. The maximum absolute atomic E-state index is 12.1. The van der Waals surface area contributed by atoms with Gasteiger partial charge in [-0.15, -0.1) is 0 Å². The highest BCUT2D eigenvalue weighted by Crippen LogP contribution is 2.78. The van der Waals surface area contributed by atoms with E-state index in [9.17, 15) is 4.79 Å². The highest BCUT2D eigenvalue weighted by Gasteiger charge is 2.78. The fourth-order valence-corrected chi connectivity index (χ4v) is 8.45. The van der Waals surface area contributed by atoms with Gasteiger partial charge in [-0.25, -0.2) is 0 Å². The molecule has 1 heterocycles. The molecule has 1 saturated heterocycles. The Morgan fingerprint density at radius 1 is 1.15 bits per heavy atom. The third-order valence-corrected chi connectivity index (χ3v) is 9.47. The Morgan fingerprint density at radius 2 is 2.04 bits per heavy atom. The third-order valence-electron chi connectivity index (χ3n) is 9.47. The number of rotatable bonds is 1. The van der Waals surface area contributed by atoms with Gasteiger partial charge < -0.3 is 9.47 Å². The zero-order valence-corrected chi connectivity index (χ0v) is 16.0. The first-order chi connectivity index (χ1) is 12.6. The van der Waals surface area contributed by atoms with Crippen LogP contribution in [-0.4, -0.2) is 18.7 Å². The fourth-order valence-electron chi connectivity index (χ4n) is 8.45. The number of hydrogen-bond donors (Lipinski definition) is 0. The molecule has 6 rings (SSSR count). The number of carbonyl (C=O) groups is 1. The van der Waals surface area contributed by atoms with Crippen molar-refractivity contribution < 1.29 is 14.3 Å². The maximum Gasteiger partial charge on any atom is 0.306 e. The molecule has 8 atom stereocenters. The second-order valence-electron chi connectivity index (χ2n) is 10.1. The Balaban J connectivity index is 1.36. The van der Waals surface area contributed by atoms with E-state index >= 15 is 0 Å². The van der Waals surface area contributed by atoms with Crippen molar-refractivity contribution in [2.24, 2.45) is 40.9 Å². The molecule has 1 spiro atoms. The van der Waals surface area contributed by atoms with Crippen LogP contribution in [-0.2, 0) is 14.3 Å². The lowest BCUT2D eigenvalue weighted by Crippen LogP contribution is -2.54. The first-order valence-electron chi connectivity index (χ1n) is 10.7. The summed E-state index contributed by atoms with van der Waals surface area (Å²) in [6.45, 7) is 2.49. The molecular weight excluding hydrogens is 324 g/mol. The average Bonchev–Trinajstić information content (AvgIpc) is 3.29. The molecule has 0 bridgehead atoms. The quantitative estimate of drug-likeness (QED) is 0.644. The van der Waals surface area contributed by atoms with Gasteiger partial charge in [0.15, 0.2) is 0 Å². The highest BCUT2D eigenvalue weighted by atomic mass is 16.6. The van der Waals surface area contributed by atoms with Crippen LogP contribution in [0.2, 0.25) is 0 Å². The summed E-state index contributed by atoms with van der Waals surface area (Å²) in [5.41, 5.74) is 1.66. The largest absolute Gasteiger partial charge is 0.501 e. The standard InChI is InChI=1S/C23H30O3/c1-22-9-7-16-15-6-4-14(25-2)11-13(15)3-5-17(16)21(22)18-12-19(18)23(22)10-8-20(24)26-23/h3,11,15-19,21H,4-10,12H2,1-2H3/t15?,16?,17?,18?,19?,21?,22-,23?/m0/s1. The number of ether oxygens (including phenoxy) is 2. The first kappa shape index (κ1) is 15.8. The second kappa shape index (κ2) is 4.97. The molecule has 7 unspecified atom stereocenters. The summed E-state index contributed by atoms with van der Waals surface area (Å²) in [5, 5.41) is 0. The van der Waals surface area contributed by atoms with Gasteiger partial charge in [0.2, 0.25) is 0 Å². The predicted octanol–water partition coefficient (Wildman–Crippen LogP) is 4.63. The van der Waals surface area contributed by atoms with Crippen molar-refractivity contribution in [2.45, 2.75) is 63.9 Å². The van der Waals surface area contributed by atoms with E-state index in [-0.39, 0.29) is 17.0 Å². The van der Waals surface area contributed by atoms with Gasteiger partial charge in [0, 0.05) is 24.2 Å². The molecule has 5 aliphatic carbocycles. The summed E-state index contributed by atoms with van der Waals surface area (Å²) in [5.74, 6) is 5.84. The third kappa shape index (κ3) is 1.74. The van der Waals surface area contributed by atoms with Gasteiger partial charge in [-0.3, -0.25) is 4.79 Å². The van der Waals surface area contributed by atoms with Gasteiger partial charge in [-0.2, -0.15) is 0 Å². The Bertz CT molecular complexity index is 736. The van der Waals surface area contributed by atoms with Crippen LogP contribution in [0.1, 0.15) is 58.3 Å². The van der Waals surface area contributed by atoms with Crippen LogP contribution in [0, 0.1) is 40.9 Å². The summed E-state index contributed by atoms with van der Waals surface area (Å²) in [7, 11) is 1.80. The SMILES string of the molecule is COC1=CC2=CCC3C(CC[C@@]4(C)C3C3CC3C43CCC(=O)O3)C2CC1. The molecule has 0 N–H and O–H groups in total. The van der Waals surface area contributed by atoms with Crippen molar-refractivity contribution in [3.05, 3.63) is 23.5 Å². The molecule has 140 valence electrons. The lowest BCUT2D eigenvalue weighted by atomic mass is 9.49. The molecular formula is C23H30O3. The van der Waals surface area contributed by atoms with Crippen molar-refractivity contribution in [3.8, 4) is 0 Å². The molecule has 26 heavy (non-hydrogen) atoms. The first-order valence-corrected chi connectivity index (χ1v) is 10.7. The minimum Gasteiger partial charge on any atom is -0.501 e. The van der Waals surface area contributed by atoms with Gasteiger partial charge in [0.05, 0.1) is 12.9 Å². The van der Waals surface area contributed by atoms with E-state index in [0.29, 0.717) is 12.3 Å². The average molecular weight is 354 g/mol. The van der Waals surface area contributed by atoms with Gasteiger partial charge in [-0.1, -0.05) is 13.0 Å². The van der Waals surface area contributed by atoms with E-state index in [1.165, 1.54) is 32.1 Å². The van der Waals surface area contributed by atoms with E-state index in [1.807, 2.05) is 0 Å². The van der Waals surface area contributed by atoms with Gasteiger partial charge in [0.1, 0.15) is 5.60 Å². The Labute approximate surface area is 156 Å². The van der Waals surface area contributed by atoms with Crippen LogP contribution >= 0.6 is 0 Å². The number of esters is 1. The zero-order valence-electron chi connectivity index (χ0n) is 16.0. The smallest absolute Gasteiger partial charge is 0.306 e. The van der Waals surface area contributed by atoms with E-state index in [1.54, 1.807) is 12.7 Å². The van der Waals surface area contributed by atoms with E-state index in [2.05, 4.69) is 19.1 Å². The van der Waals surface area contributed by atoms with Crippen LogP contribution in [0.3, 0.4) is 0 Å². The van der Waals surface area contributed by atoms with Crippen molar-refractivity contribution >= 4 is 5.97 Å². The Kier molecular flexibility index (Phi) is 3.01. The van der Waals surface area contributed by atoms with Crippen LogP contribution < -0.4 is 0 Å². The normalized spacial score (nSPS) is 53.7. The molecule has 0 amide bonds. The summed E-state index contributed by atoms with van der Waals surface area (Å²) in [6.07, 6.45) is 13.9. The van der Waals surface area contributed by atoms with E-state index in [0.717, 1.165) is 48.2 Å². The Hall–Kier alpha value is -1.25. The molecule has 6 aliphatic rings. The van der Waals surface area contributed by atoms with Crippen molar-refractivity contribution in [2.75, 3.05) is 7.11 Å². The van der Waals surface area contributed by atoms with Gasteiger partial charge in [-0.05, 0) is 79.8 Å². The summed E-state index contributed by atoms with van der Waals surface area (Å²) >= 11 is 0. The molecule has 4 fully saturated rings. The lowest BCUT2D eigenvalue weighted by molar-refractivity contribution is -0.173.